The number of anilines is 2. The molecule has 278 valence electrons. The van der Waals surface area contributed by atoms with Crippen LogP contribution in [0, 0.1) is 12.3 Å². The molecule has 0 saturated heterocycles. The Balaban J connectivity index is 1.09. The van der Waals surface area contributed by atoms with Gasteiger partial charge in [-0.15, -0.1) is 6.42 Å². The molecule has 0 aromatic heterocycles. The number of allylic oxidation sites excluding steroid dienone is 10. The zero-order valence-electron chi connectivity index (χ0n) is 32.7. The molecular weight excluding hydrogens is 701 g/mol. The minimum Gasteiger partial charge on any atom is -0.381 e. The summed E-state index contributed by atoms with van der Waals surface area (Å²) in [7, 11) is 0. The lowest BCUT2D eigenvalue weighted by atomic mass is 9.69. The number of nitrogens with one attached hydrogen (secondary N) is 1. The molecule has 58 heavy (non-hydrogen) atoms. The van der Waals surface area contributed by atoms with Crippen LogP contribution in [0.5, 0.6) is 0 Å². The van der Waals surface area contributed by atoms with Crippen molar-refractivity contribution in [3.05, 3.63) is 238 Å². The van der Waals surface area contributed by atoms with E-state index in [0.29, 0.717) is 0 Å². The van der Waals surface area contributed by atoms with Gasteiger partial charge in [0, 0.05) is 41.0 Å². The molecule has 10 rings (SSSR count). The highest BCUT2D eigenvalue weighted by Crippen LogP contribution is 2.58. The summed E-state index contributed by atoms with van der Waals surface area (Å²) in [6.45, 7) is 2.91. The lowest BCUT2D eigenvalue weighted by Gasteiger charge is -2.33. The third kappa shape index (κ3) is 6.08. The third-order valence-electron chi connectivity index (χ3n) is 12.2. The number of terminal acetylenes is 1. The zero-order chi connectivity index (χ0) is 39.0. The summed E-state index contributed by atoms with van der Waals surface area (Å²) < 4.78 is 0. The molecule has 2 atom stereocenters. The van der Waals surface area contributed by atoms with E-state index >= 15 is 0 Å². The summed E-state index contributed by atoms with van der Waals surface area (Å²) in [4.78, 5) is 2.29. The summed E-state index contributed by atoms with van der Waals surface area (Å²) >= 11 is 0. The number of hydrogen-bond donors (Lipinski definition) is 1. The standard InChI is InChI=1S/C56H44N2/c1-3-39(51-28-15-16-37-57-51)30-29-38(2)58(43-22-11-6-12-23-43)44-33-31-40(32-34-44)45-35-36-50-54-46(45)26-17-27-49(54)55-52(41-18-7-4-8-19-41)47-24-13-14-25-48(47)53(56(50)55)42-20-9-5-10-21-42/h1,4-7,9-18,20-36,55-57H,8,19,37H2,2H3/b38-29+,39-30+. The predicted octanol–water partition coefficient (Wildman–Crippen LogP) is 11.7. The average molecular weight is 745 g/mol. The first-order valence-electron chi connectivity index (χ1n) is 20.4. The second-order valence-electron chi connectivity index (χ2n) is 15.5. The largest absolute Gasteiger partial charge is 0.381 e. The third-order valence-corrected chi connectivity index (χ3v) is 12.2. The first-order valence-corrected chi connectivity index (χ1v) is 20.4. The van der Waals surface area contributed by atoms with Crippen LogP contribution in [0.15, 0.2) is 211 Å². The Morgan fingerprint density at radius 3 is 2.07 bits per heavy atom. The Morgan fingerprint density at radius 1 is 0.655 bits per heavy atom. The molecule has 0 saturated carbocycles. The summed E-state index contributed by atoms with van der Waals surface area (Å²) in [6.07, 6.45) is 25.4. The Morgan fingerprint density at radius 2 is 1.34 bits per heavy atom. The minimum atomic E-state index is 0.218. The first-order chi connectivity index (χ1) is 28.7. The van der Waals surface area contributed by atoms with Gasteiger partial charge in [-0.3, -0.25) is 0 Å². The maximum Gasteiger partial charge on any atom is 0.0501 e. The summed E-state index contributed by atoms with van der Waals surface area (Å²) in [5.41, 5.74) is 16.1. The van der Waals surface area contributed by atoms with E-state index in [-0.39, 0.29) is 11.8 Å². The van der Waals surface area contributed by atoms with Crippen molar-refractivity contribution in [1.29, 1.82) is 0 Å². The lowest BCUT2D eigenvalue weighted by Crippen LogP contribution is -2.38. The molecule has 3 aliphatic carbocycles. The zero-order valence-corrected chi connectivity index (χ0v) is 32.7. The maximum absolute atomic E-state index is 5.98. The van der Waals surface area contributed by atoms with E-state index in [0.717, 1.165) is 47.7 Å². The van der Waals surface area contributed by atoms with E-state index in [4.69, 9.17) is 6.42 Å². The van der Waals surface area contributed by atoms with Crippen molar-refractivity contribution < 1.29 is 0 Å². The van der Waals surface area contributed by atoms with Gasteiger partial charge in [-0.1, -0.05) is 152 Å². The molecule has 2 nitrogen and oxygen atoms in total. The normalized spacial score (nSPS) is 18.2. The fourth-order valence-corrected chi connectivity index (χ4v) is 9.74. The molecule has 0 fully saturated rings. The Hall–Kier alpha value is -7.08. The number of benzene rings is 6. The Labute approximate surface area is 341 Å². The van der Waals surface area contributed by atoms with Crippen LogP contribution in [-0.4, -0.2) is 6.54 Å². The highest BCUT2D eigenvalue weighted by Gasteiger charge is 2.42. The minimum absolute atomic E-state index is 0.218. The summed E-state index contributed by atoms with van der Waals surface area (Å²) in [6, 6.07) is 51.7. The van der Waals surface area contributed by atoms with Crippen LogP contribution in [0.25, 0.3) is 33.0 Å². The fourth-order valence-electron chi connectivity index (χ4n) is 9.74. The molecule has 1 N–H and O–H groups in total. The number of para-hydroxylation sites is 1. The molecular formula is C56H44N2. The molecule has 0 radical (unpaired) electrons. The van der Waals surface area contributed by atoms with Crippen LogP contribution in [0.2, 0.25) is 0 Å². The molecule has 1 aliphatic heterocycles. The van der Waals surface area contributed by atoms with Crippen molar-refractivity contribution in [1.82, 2.24) is 5.32 Å². The van der Waals surface area contributed by atoms with Crippen molar-refractivity contribution in [3.63, 3.8) is 0 Å². The van der Waals surface area contributed by atoms with Crippen LogP contribution in [-0.2, 0) is 0 Å². The molecule has 2 unspecified atom stereocenters. The first kappa shape index (κ1) is 35.3. The fraction of sp³-hybridized carbons (Fsp3) is 0.107. The van der Waals surface area contributed by atoms with Crippen molar-refractivity contribution in [2.24, 2.45) is 0 Å². The van der Waals surface area contributed by atoms with Crippen molar-refractivity contribution >= 4 is 33.3 Å². The Kier molecular flexibility index (Phi) is 9.21. The van der Waals surface area contributed by atoms with Crippen LogP contribution in [0.3, 0.4) is 0 Å². The predicted molar refractivity (Wildman–Crippen MR) is 244 cm³/mol. The molecule has 0 spiro atoms. The number of hydrogen-bond acceptors (Lipinski definition) is 2. The van der Waals surface area contributed by atoms with Gasteiger partial charge < -0.3 is 10.2 Å². The molecule has 4 aliphatic rings. The molecule has 0 bridgehead atoms. The van der Waals surface area contributed by atoms with E-state index in [2.05, 4.69) is 193 Å². The van der Waals surface area contributed by atoms with Gasteiger partial charge in [0.05, 0.1) is 5.70 Å². The molecule has 1 heterocycles. The summed E-state index contributed by atoms with van der Waals surface area (Å²) in [5.74, 6) is 3.33. The van der Waals surface area contributed by atoms with Crippen LogP contribution >= 0.6 is 0 Å². The van der Waals surface area contributed by atoms with Gasteiger partial charge in [-0.05, 0) is 128 Å². The molecule has 6 aromatic carbocycles. The van der Waals surface area contributed by atoms with Gasteiger partial charge in [0.1, 0.15) is 0 Å². The van der Waals surface area contributed by atoms with Gasteiger partial charge >= 0.3 is 0 Å². The van der Waals surface area contributed by atoms with Gasteiger partial charge in [0.15, 0.2) is 0 Å². The van der Waals surface area contributed by atoms with Crippen LogP contribution in [0.1, 0.15) is 48.3 Å². The second kappa shape index (κ2) is 15.1. The monoisotopic (exact) mass is 744 g/mol. The van der Waals surface area contributed by atoms with Crippen LogP contribution in [0.4, 0.5) is 11.4 Å². The van der Waals surface area contributed by atoms with Gasteiger partial charge in [0.2, 0.25) is 0 Å². The van der Waals surface area contributed by atoms with E-state index in [1.165, 1.54) is 65.7 Å². The highest BCUT2D eigenvalue weighted by molar-refractivity contribution is 6.06. The van der Waals surface area contributed by atoms with E-state index in [1.54, 1.807) is 0 Å². The maximum atomic E-state index is 5.98. The molecule has 2 heteroatoms. The van der Waals surface area contributed by atoms with E-state index < -0.39 is 0 Å². The Bertz CT molecular complexity index is 2950. The van der Waals surface area contributed by atoms with Gasteiger partial charge in [0.25, 0.3) is 0 Å². The smallest absolute Gasteiger partial charge is 0.0501 e. The second-order valence-corrected chi connectivity index (χ2v) is 15.5. The summed E-state index contributed by atoms with van der Waals surface area (Å²) in [5, 5.41) is 8.85. The quantitative estimate of drug-likeness (QED) is 0.123. The van der Waals surface area contributed by atoms with Gasteiger partial charge in [-0.25, -0.2) is 0 Å². The van der Waals surface area contributed by atoms with Gasteiger partial charge in [-0.2, -0.15) is 0 Å². The highest BCUT2D eigenvalue weighted by atomic mass is 15.1. The number of rotatable bonds is 8. The number of nitrogens with zero attached hydrogens (tertiary/aromatic N) is 1. The van der Waals surface area contributed by atoms with Crippen LogP contribution < -0.4 is 20.7 Å². The molecule has 6 aromatic rings. The average Bonchev–Trinajstić information content (AvgIpc) is 3.62. The topological polar surface area (TPSA) is 15.3 Å². The van der Waals surface area contributed by atoms with Crippen molar-refractivity contribution in [2.45, 2.75) is 31.6 Å². The SMILES string of the molecule is C#C/C(=C\C=C(/C)N(c1ccccc1)c1ccc(-c2ccc3c4c(cccc24)C2C(C4=CC=CCC4)=c4ccccc4=C(c4ccccc4)C32)cc1)C1=CC=CCN1. The van der Waals surface area contributed by atoms with Crippen molar-refractivity contribution in [2.75, 3.05) is 11.4 Å². The number of fused-ring (bicyclic) bond motifs is 4. The number of dihydropyridines is 1. The van der Waals surface area contributed by atoms with E-state index in [9.17, 15) is 0 Å². The van der Waals surface area contributed by atoms with E-state index in [1.807, 2.05) is 18.2 Å². The lowest BCUT2D eigenvalue weighted by molar-refractivity contribution is 0.779. The molecule has 0 amide bonds. The van der Waals surface area contributed by atoms with Crippen molar-refractivity contribution in [3.8, 4) is 23.5 Å².